The van der Waals surface area contributed by atoms with Crippen LogP contribution in [0.15, 0.2) is 77.6 Å². The minimum atomic E-state index is -0.512. The molecular formula is C33H40FN3O4. The van der Waals surface area contributed by atoms with Crippen LogP contribution in [-0.4, -0.2) is 17.6 Å². The number of anilines is 2. The Morgan fingerprint density at radius 2 is 1.56 bits per heavy atom. The molecule has 0 spiro atoms. The predicted octanol–water partition coefficient (Wildman–Crippen LogP) is 7.67. The van der Waals surface area contributed by atoms with Gasteiger partial charge in [-0.05, 0) is 60.9 Å². The van der Waals surface area contributed by atoms with E-state index in [0.29, 0.717) is 11.5 Å². The van der Waals surface area contributed by atoms with Gasteiger partial charge < -0.3 is 20.1 Å². The van der Waals surface area contributed by atoms with E-state index < -0.39 is 17.3 Å². The molecule has 41 heavy (non-hydrogen) atoms. The summed E-state index contributed by atoms with van der Waals surface area (Å²) in [6.07, 6.45) is 0. The summed E-state index contributed by atoms with van der Waals surface area (Å²) in [5.41, 5.74) is 2.18. The van der Waals surface area contributed by atoms with Crippen molar-refractivity contribution in [2.45, 2.75) is 48.1 Å². The molecular weight excluding hydrogens is 521 g/mol. The fourth-order valence-electron chi connectivity index (χ4n) is 3.77. The lowest BCUT2D eigenvalue weighted by molar-refractivity contribution is 0.0948. The molecule has 1 aromatic heterocycles. The van der Waals surface area contributed by atoms with Crippen molar-refractivity contribution in [3.63, 3.8) is 0 Å². The first-order chi connectivity index (χ1) is 19.8. The lowest BCUT2D eigenvalue weighted by Gasteiger charge is -2.20. The minimum absolute atomic E-state index is 0.0552. The van der Waals surface area contributed by atoms with Gasteiger partial charge >= 0.3 is 0 Å². The van der Waals surface area contributed by atoms with E-state index in [-0.39, 0.29) is 29.4 Å². The molecule has 3 aromatic carbocycles. The van der Waals surface area contributed by atoms with E-state index in [2.05, 4.69) is 10.6 Å². The molecule has 218 valence electrons. The van der Waals surface area contributed by atoms with Gasteiger partial charge in [0.15, 0.2) is 0 Å². The normalized spacial score (nSPS) is 9.88. The Morgan fingerprint density at radius 1 is 0.902 bits per heavy atom. The molecule has 0 aliphatic carbocycles. The molecule has 4 rings (SSSR count). The van der Waals surface area contributed by atoms with Gasteiger partial charge in [-0.3, -0.25) is 14.2 Å². The maximum atomic E-state index is 14.7. The van der Waals surface area contributed by atoms with Crippen LogP contribution in [0.4, 0.5) is 15.9 Å². The molecule has 4 aromatic rings. The Balaban J connectivity index is 0.00000141. The van der Waals surface area contributed by atoms with E-state index in [1.165, 1.54) is 23.7 Å². The summed E-state index contributed by atoms with van der Waals surface area (Å²) in [5.74, 6) is 0.346. The largest absolute Gasteiger partial charge is 0.497 e. The van der Waals surface area contributed by atoms with Crippen LogP contribution < -0.4 is 25.7 Å². The van der Waals surface area contributed by atoms with Crippen molar-refractivity contribution in [1.82, 2.24) is 9.88 Å². The third kappa shape index (κ3) is 8.45. The van der Waals surface area contributed by atoms with Gasteiger partial charge in [-0.2, -0.15) is 0 Å². The van der Waals surface area contributed by atoms with Crippen LogP contribution in [0.5, 0.6) is 17.2 Å². The van der Waals surface area contributed by atoms with Crippen molar-refractivity contribution in [3.8, 4) is 17.2 Å². The number of carbonyl (C=O) groups is 1. The number of hydrogen-bond acceptors (Lipinski definition) is 5. The van der Waals surface area contributed by atoms with Gasteiger partial charge in [0.1, 0.15) is 34.4 Å². The second-order valence-corrected chi connectivity index (χ2v) is 8.64. The number of nitrogens with zero attached hydrogens (tertiary/aromatic N) is 1. The van der Waals surface area contributed by atoms with E-state index in [0.717, 1.165) is 16.7 Å². The molecule has 0 saturated carbocycles. The number of aryl methyl sites for hydroxylation is 2. The zero-order valence-electron chi connectivity index (χ0n) is 25.1. The summed E-state index contributed by atoms with van der Waals surface area (Å²) in [4.78, 5) is 26.5. The maximum Gasteiger partial charge on any atom is 0.259 e. The number of carbonyl (C=O) groups excluding carboxylic acids is 1. The van der Waals surface area contributed by atoms with Crippen molar-refractivity contribution < 1.29 is 18.7 Å². The number of hydrogen-bond donors (Lipinski definition) is 2. The fourth-order valence-corrected chi connectivity index (χ4v) is 3.77. The third-order valence-corrected chi connectivity index (χ3v) is 5.93. The van der Waals surface area contributed by atoms with Crippen LogP contribution in [0.1, 0.15) is 54.7 Å². The highest BCUT2D eigenvalue weighted by atomic mass is 19.1. The number of amides is 1. The van der Waals surface area contributed by atoms with Crippen LogP contribution in [0.3, 0.4) is 0 Å². The number of para-hydroxylation sites is 1. The van der Waals surface area contributed by atoms with Crippen molar-refractivity contribution in [3.05, 3.63) is 111 Å². The van der Waals surface area contributed by atoms with Gasteiger partial charge in [0.05, 0.1) is 12.8 Å². The number of ether oxygens (including phenoxy) is 2. The Labute approximate surface area is 242 Å². The highest BCUT2D eigenvalue weighted by Crippen LogP contribution is 2.33. The van der Waals surface area contributed by atoms with Crippen LogP contribution in [0, 0.1) is 19.7 Å². The predicted molar refractivity (Wildman–Crippen MR) is 164 cm³/mol. The van der Waals surface area contributed by atoms with Gasteiger partial charge in [0.2, 0.25) is 0 Å². The number of halogens is 1. The fraction of sp³-hybridized carbons (Fsp3) is 0.273. The molecule has 1 heterocycles. The number of rotatable bonds is 8. The van der Waals surface area contributed by atoms with E-state index >= 15 is 0 Å². The molecule has 1 amide bonds. The summed E-state index contributed by atoms with van der Waals surface area (Å²) >= 11 is 0. The zero-order chi connectivity index (χ0) is 30.5. The summed E-state index contributed by atoms with van der Waals surface area (Å²) in [5, 5.41) is 5.82. The number of pyridine rings is 1. The molecule has 0 atom stereocenters. The summed E-state index contributed by atoms with van der Waals surface area (Å²) in [6, 6.07) is 20.5. The summed E-state index contributed by atoms with van der Waals surface area (Å²) in [7, 11) is 3.09. The molecule has 0 fully saturated rings. The number of methoxy groups -OCH3 is 1. The van der Waals surface area contributed by atoms with Crippen molar-refractivity contribution in [2.75, 3.05) is 12.4 Å². The van der Waals surface area contributed by atoms with Crippen LogP contribution in [-0.2, 0) is 13.6 Å². The first kappa shape index (κ1) is 32.6. The smallest absolute Gasteiger partial charge is 0.259 e. The lowest BCUT2D eigenvalue weighted by Crippen LogP contribution is -2.29. The first-order valence-electron chi connectivity index (χ1n) is 13.7. The monoisotopic (exact) mass is 561 g/mol. The average molecular weight is 562 g/mol. The second-order valence-electron chi connectivity index (χ2n) is 8.64. The average Bonchev–Trinajstić information content (AvgIpc) is 2.99. The van der Waals surface area contributed by atoms with E-state index in [1.807, 2.05) is 58.9 Å². The third-order valence-electron chi connectivity index (χ3n) is 5.93. The summed E-state index contributed by atoms with van der Waals surface area (Å²) in [6.45, 7) is 11.9. The highest BCUT2D eigenvalue weighted by molar-refractivity contribution is 6.02. The molecule has 0 aliphatic rings. The molecule has 8 heteroatoms. The van der Waals surface area contributed by atoms with Crippen molar-refractivity contribution in [2.24, 2.45) is 7.05 Å². The topological polar surface area (TPSA) is 81.6 Å². The minimum Gasteiger partial charge on any atom is -0.497 e. The quantitative estimate of drug-likeness (QED) is 0.231. The SMILES string of the molecule is CC.CC.COc1ccc(CNC(=O)c2c(Oc3ccccc3C)cc(=O)n(C)c2Nc2ccc(C)cc2F)cc1. The Hall–Kier alpha value is -4.59. The van der Waals surface area contributed by atoms with E-state index in [9.17, 15) is 14.0 Å². The number of benzene rings is 3. The molecule has 0 bridgehead atoms. The molecule has 0 aliphatic heterocycles. The van der Waals surface area contributed by atoms with E-state index in [1.54, 1.807) is 50.4 Å². The molecule has 2 N–H and O–H groups in total. The molecule has 0 saturated heterocycles. The zero-order valence-corrected chi connectivity index (χ0v) is 25.1. The van der Waals surface area contributed by atoms with Crippen LogP contribution in [0.25, 0.3) is 0 Å². The van der Waals surface area contributed by atoms with Gasteiger partial charge in [-0.25, -0.2) is 4.39 Å². The van der Waals surface area contributed by atoms with Crippen LogP contribution >= 0.6 is 0 Å². The van der Waals surface area contributed by atoms with Gasteiger partial charge in [-0.15, -0.1) is 0 Å². The Bertz CT molecular complexity index is 1500. The maximum absolute atomic E-state index is 14.7. The van der Waals surface area contributed by atoms with Crippen molar-refractivity contribution >= 4 is 17.4 Å². The number of aromatic nitrogens is 1. The molecule has 0 radical (unpaired) electrons. The van der Waals surface area contributed by atoms with Crippen molar-refractivity contribution in [1.29, 1.82) is 0 Å². The summed E-state index contributed by atoms with van der Waals surface area (Å²) < 4.78 is 27.3. The standard InChI is InChI=1S/C29H28FN3O4.2C2H6/c1-18-9-14-23(22(30)15-18)32-28-27(29(35)31-17-20-10-12-21(36-4)13-11-20)25(16-26(34)33(28)3)37-24-8-6-5-7-19(24)2;2*1-2/h5-16,32H,17H2,1-4H3,(H,31,35);2*1-2H3. The Morgan fingerprint density at radius 3 is 2.17 bits per heavy atom. The highest BCUT2D eigenvalue weighted by Gasteiger charge is 2.24. The number of nitrogens with one attached hydrogen (secondary N) is 2. The van der Waals surface area contributed by atoms with E-state index in [4.69, 9.17) is 9.47 Å². The van der Waals surface area contributed by atoms with Gasteiger partial charge in [-0.1, -0.05) is 64.1 Å². The molecule has 7 nitrogen and oxygen atoms in total. The lowest BCUT2D eigenvalue weighted by atomic mass is 10.1. The second kappa shape index (κ2) is 15.9. The van der Waals surface area contributed by atoms with Gasteiger partial charge in [0, 0.05) is 19.7 Å². The van der Waals surface area contributed by atoms with Crippen LogP contribution in [0.2, 0.25) is 0 Å². The molecule has 0 unspecified atom stereocenters. The first-order valence-corrected chi connectivity index (χ1v) is 13.7. The Kier molecular flexibility index (Phi) is 12.6. The van der Waals surface area contributed by atoms with Gasteiger partial charge in [0.25, 0.3) is 11.5 Å².